The Balaban J connectivity index is 1.62. The fourth-order valence-corrected chi connectivity index (χ4v) is 3.47. The van der Waals surface area contributed by atoms with Crippen molar-refractivity contribution in [3.63, 3.8) is 0 Å². The predicted octanol–water partition coefficient (Wildman–Crippen LogP) is 3.96. The molecule has 0 radical (unpaired) electrons. The van der Waals surface area contributed by atoms with Crippen LogP contribution in [0.2, 0.25) is 0 Å². The van der Waals surface area contributed by atoms with E-state index in [0.717, 1.165) is 39.9 Å². The highest BCUT2D eigenvalue weighted by Gasteiger charge is 2.19. The van der Waals surface area contributed by atoms with Gasteiger partial charge in [-0.25, -0.2) is 0 Å². The minimum Gasteiger partial charge on any atom is -0.314 e. The Bertz CT molecular complexity index is 593. The first kappa shape index (κ1) is 14.2. The maximum absolute atomic E-state index is 4.34. The quantitative estimate of drug-likeness (QED) is 0.800. The van der Waals surface area contributed by atoms with Gasteiger partial charge >= 0.3 is 0 Å². The second kappa shape index (κ2) is 6.33. The maximum Gasteiger partial charge on any atom is 0.148 e. The zero-order valence-electron chi connectivity index (χ0n) is 11.5. The van der Waals surface area contributed by atoms with E-state index < -0.39 is 0 Å². The highest BCUT2D eigenvalue weighted by Crippen LogP contribution is 2.30. The minimum absolute atomic E-state index is 0.796. The molecule has 0 spiro atoms. The summed E-state index contributed by atoms with van der Waals surface area (Å²) in [7, 11) is 0. The van der Waals surface area contributed by atoms with Crippen molar-refractivity contribution in [3.8, 4) is 10.6 Å². The van der Waals surface area contributed by atoms with Gasteiger partial charge in [0, 0.05) is 22.5 Å². The van der Waals surface area contributed by atoms with Crippen LogP contribution in [0.15, 0.2) is 22.7 Å². The third-order valence-corrected chi connectivity index (χ3v) is 5.42. The van der Waals surface area contributed by atoms with Crippen molar-refractivity contribution in [2.75, 3.05) is 6.54 Å². The molecule has 106 valence electrons. The molecule has 1 N–H and O–H groups in total. The molecule has 0 aliphatic heterocycles. The van der Waals surface area contributed by atoms with E-state index in [-0.39, 0.29) is 0 Å². The first-order valence-electron chi connectivity index (χ1n) is 7.05. The molecule has 2 aromatic rings. The maximum atomic E-state index is 4.34. The Labute approximate surface area is 132 Å². The van der Waals surface area contributed by atoms with Gasteiger partial charge < -0.3 is 5.32 Å². The normalized spacial score (nSPS) is 14.7. The molecule has 5 heteroatoms. The summed E-state index contributed by atoms with van der Waals surface area (Å²) in [6, 6.07) is 7.01. The molecule has 1 aliphatic carbocycles. The van der Waals surface area contributed by atoms with Crippen molar-refractivity contribution in [2.45, 2.75) is 38.6 Å². The molecule has 1 aromatic carbocycles. The number of aromatic nitrogens is 2. The van der Waals surface area contributed by atoms with Crippen LogP contribution >= 0.6 is 27.3 Å². The predicted molar refractivity (Wildman–Crippen MR) is 87.1 cm³/mol. The van der Waals surface area contributed by atoms with Crippen LogP contribution in [0, 0.1) is 6.92 Å². The summed E-state index contributed by atoms with van der Waals surface area (Å²) in [6.45, 7) is 3.20. The second-order valence-corrected chi connectivity index (χ2v) is 7.16. The number of rotatable bonds is 6. The zero-order valence-corrected chi connectivity index (χ0v) is 13.9. The molecule has 3 nitrogen and oxygen atoms in total. The average molecular weight is 352 g/mol. The molecule has 20 heavy (non-hydrogen) atoms. The van der Waals surface area contributed by atoms with Crippen molar-refractivity contribution in [3.05, 3.63) is 33.2 Å². The fourth-order valence-electron chi connectivity index (χ4n) is 2.14. The van der Waals surface area contributed by atoms with Crippen LogP contribution in [0.5, 0.6) is 0 Å². The molecule has 1 heterocycles. The summed E-state index contributed by atoms with van der Waals surface area (Å²) in [5, 5.41) is 14.4. The number of hydrogen-bond acceptors (Lipinski definition) is 4. The van der Waals surface area contributed by atoms with E-state index in [9.17, 15) is 0 Å². The molecule has 0 bridgehead atoms. The monoisotopic (exact) mass is 351 g/mol. The first-order valence-corrected chi connectivity index (χ1v) is 8.66. The summed E-state index contributed by atoms with van der Waals surface area (Å²) in [5.74, 6) is 0. The zero-order chi connectivity index (χ0) is 13.9. The highest BCUT2D eigenvalue weighted by molar-refractivity contribution is 9.10. The highest BCUT2D eigenvalue weighted by atomic mass is 79.9. The summed E-state index contributed by atoms with van der Waals surface area (Å²) >= 11 is 5.28. The number of hydrogen-bond donors (Lipinski definition) is 1. The Hall–Kier alpha value is -0.780. The van der Waals surface area contributed by atoms with Crippen molar-refractivity contribution in [1.82, 2.24) is 15.5 Å². The number of aryl methyl sites for hydroxylation is 1. The second-order valence-electron chi connectivity index (χ2n) is 5.25. The van der Waals surface area contributed by atoms with Crippen LogP contribution in [0.3, 0.4) is 0 Å². The Kier molecular flexibility index (Phi) is 4.48. The van der Waals surface area contributed by atoms with E-state index in [1.165, 1.54) is 24.0 Å². The van der Waals surface area contributed by atoms with E-state index in [0.29, 0.717) is 0 Å². The molecule has 1 fully saturated rings. The summed E-state index contributed by atoms with van der Waals surface area (Å²) in [4.78, 5) is 0. The molecular weight excluding hydrogens is 334 g/mol. The lowest BCUT2D eigenvalue weighted by atomic mass is 10.1. The molecule has 1 aliphatic rings. The van der Waals surface area contributed by atoms with Gasteiger partial charge in [0.25, 0.3) is 0 Å². The molecule has 3 rings (SSSR count). The third-order valence-electron chi connectivity index (χ3n) is 3.54. The SMILES string of the molecule is Cc1c(Br)cccc1-c1nnc(CCCNC2CC2)s1. The van der Waals surface area contributed by atoms with Crippen LogP contribution in [0.4, 0.5) is 0 Å². The molecule has 1 aromatic heterocycles. The van der Waals surface area contributed by atoms with Gasteiger partial charge in [-0.1, -0.05) is 39.4 Å². The smallest absolute Gasteiger partial charge is 0.148 e. The topological polar surface area (TPSA) is 37.8 Å². The van der Waals surface area contributed by atoms with E-state index in [2.05, 4.69) is 50.5 Å². The van der Waals surface area contributed by atoms with Crippen LogP contribution in [-0.4, -0.2) is 22.8 Å². The van der Waals surface area contributed by atoms with Crippen LogP contribution in [0.25, 0.3) is 10.6 Å². The van der Waals surface area contributed by atoms with Crippen LogP contribution in [-0.2, 0) is 6.42 Å². The third kappa shape index (κ3) is 3.45. The number of nitrogens with zero attached hydrogens (tertiary/aromatic N) is 2. The summed E-state index contributed by atoms with van der Waals surface area (Å²) in [5.41, 5.74) is 2.41. The number of benzene rings is 1. The molecule has 0 atom stereocenters. The minimum atomic E-state index is 0.796. The Morgan fingerprint density at radius 1 is 1.35 bits per heavy atom. The van der Waals surface area contributed by atoms with Gasteiger partial charge in [0.15, 0.2) is 0 Å². The Morgan fingerprint density at radius 2 is 2.20 bits per heavy atom. The number of halogens is 1. The lowest BCUT2D eigenvalue weighted by molar-refractivity contribution is 0.643. The van der Waals surface area contributed by atoms with Gasteiger partial charge in [-0.3, -0.25) is 0 Å². The van der Waals surface area contributed by atoms with Gasteiger partial charge in [0.1, 0.15) is 10.0 Å². The van der Waals surface area contributed by atoms with Crippen LogP contribution in [0.1, 0.15) is 29.8 Å². The molecule has 0 saturated heterocycles. The lowest BCUT2D eigenvalue weighted by Crippen LogP contribution is -2.17. The van der Waals surface area contributed by atoms with Gasteiger partial charge in [0.2, 0.25) is 0 Å². The van der Waals surface area contributed by atoms with E-state index in [1.54, 1.807) is 11.3 Å². The van der Waals surface area contributed by atoms with Crippen LogP contribution < -0.4 is 5.32 Å². The van der Waals surface area contributed by atoms with Crippen molar-refractivity contribution in [2.24, 2.45) is 0 Å². The first-order chi connectivity index (χ1) is 9.74. The molecule has 1 saturated carbocycles. The van der Waals surface area contributed by atoms with Crippen molar-refractivity contribution in [1.29, 1.82) is 0 Å². The van der Waals surface area contributed by atoms with E-state index >= 15 is 0 Å². The van der Waals surface area contributed by atoms with Crippen molar-refractivity contribution >= 4 is 27.3 Å². The molecular formula is C15H18BrN3S. The lowest BCUT2D eigenvalue weighted by Gasteiger charge is -2.03. The Morgan fingerprint density at radius 3 is 3.00 bits per heavy atom. The largest absolute Gasteiger partial charge is 0.314 e. The van der Waals surface area contributed by atoms with Crippen molar-refractivity contribution < 1.29 is 0 Å². The standard InChI is InChI=1S/C15H18BrN3S/c1-10-12(4-2-5-13(10)16)15-19-18-14(20-15)6-3-9-17-11-7-8-11/h2,4-5,11,17H,3,6-9H2,1H3. The molecule has 0 amide bonds. The van der Waals surface area contributed by atoms with Gasteiger partial charge in [-0.05, 0) is 44.4 Å². The average Bonchev–Trinajstić information content (AvgIpc) is 3.15. The fraction of sp³-hybridized carbons (Fsp3) is 0.467. The molecule has 0 unspecified atom stereocenters. The van der Waals surface area contributed by atoms with Gasteiger partial charge in [0.05, 0.1) is 0 Å². The van der Waals surface area contributed by atoms with Gasteiger partial charge in [-0.15, -0.1) is 10.2 Å². The summed E-state index contributed by atoms with van der Waals surface area (Å²) in [6.07, 6.45) is 4.86. The van der Waals surface area contributed by atoms with E-state index in [1.807, 2.05) is 6.07 Å². The van der Waals surface area contributed by atoms with Gasteiger partial charge in [-0.2, -0.15) is 0 Å². The van der Waals surface area contributed by atoms with E-state index in [4.69, 9.17) is 0 Å². The summed E-state index contributed by atoms with van der Waals surface area (Å²) < 4.78 is 1.13. The number of nitrogens with one attached hydrogen (secondary N) is 1.